The van der Waals surface area contributed by atoms with Gasteiger partial charge in [-0.2, -0.15) is 0 Å². The quantitative estimate of drug-likeness (QED) is 0.407. The second-order valence-corrected chi connectivity index (χ2v) is 4.11. The summed E-state index contributed by atoms with van der Waals surface area (Å²) < 4.78 is 52.2. The van der Waals surface area contributed by atoms with Crippen LogP contribution in [-0.4, -0.2) is 10.2 Å². The van der Waals surface area contributed by atoms with Crippen LogP contribution in [0.15, 0.2) is 0 Å². The molecule has 1 aromatic carbocycles. The molecule has 78 valence electrons. The Kier molecular flexibility index (Phi) is 3.31. The molecule has 0 saturated carbocycles. The SMILES string of the molecule is Cc1c(F)c(F)c(CC[SiH3])c(F)c1F. The van der Waals surface area contributed by atoms with E-state index in [1.807, 2.05) is 0 Å². The highest BCUT2D eigenvalue weighted by atomic mass is 28.1. The van der Waals surface area contributed by atoms with E-state index < -0.39 is 34.4 Å². The van der Waals surface area contributed by atoms with E-state index in [0.29, 0.717) is 6.04 Å². The van der Waals surface area contributed by atoms with E-state index in [0.717, 1.165) is 17.2 Å². The lowest BCUT2D eigenvalue weighted by atomic mass is 10.1. The van der Waals surface area contributed by atoms with Crippen LogP contribution >= 0.6 is 0 Å². The molecule has 0 heterocycles. The predicted molar refractivity (Wildman–Crippen MR) is 49.5 cm³/mol. The molecule has 0 nitrogen and oxygen atoms in total. The first-order valence-corrected chi connectivity index (χ1v) is 5.73. The second kappa shape index (κ2) is 4.12. The molecule has 0 saturated heterocycles. The van der Waals surface area contributed by atoms with Crippen LogP contribution in [0, 0.1) is 30.2 Å². The van der Waals surface area contributed by atoms with Crippen molar-refractivity contribution in [1.29, 1.82) is 0 Å². The Labute approximate surface area is 82.4 Å². The zero-order chi connectivity index (χ0) is 10.9. The van der Waals surface area contributed by atoms with Crippen molar-refractivity contribution < 1.29 is 17.6 Å². The third kappa shape index (κ3) is 1.68. The van der Waals surface area contributed by atoms with E-state index in [4.69, 9.17) is 0 Å². The largest absolute Gasteiger partial charge is 0.203 e. The number of hydrogen-bond donors (Lipinski definition) is 0. The third-order valence-corrected chi connectivity index (χ3v) is 2.57. The van der Waals surface area contributed by atoms with Gasteiger partial charge in [0.2, 0.25) is 0 Å². The Bertz CT molecular complexity index is 333. The van der Waals surface area contributed by atoms with Gasteiger partial charge in [-0.05, 0) is 13.3 Å². The lowest BCUT2D eigenvalue weighted by Gasteiger charge is -2.08. The molecule has 5 heteroatoms. The predicted octanol–water partition coefficient (Wildman–Crippen LogP) is 1.88. The molecule has 14 heavy (non-hydrogen) atoms. The molecule has 0 spiro atoms. The first kappa shape index (κ1) is 11.2. The topological polar surface area (TPSA) is 0 Å². The van der Waals surface area contributed by atoms with Gasteiger partial charge in [-0.3, -0.25) is 0 Å². The van der Waals surface area contributed by atoms with Crippen molar-refractivity contribution in [3.8, 4) is 0 Å². The third-order valence-electron chi connectivity index (χ3n) is 2.07. The Hall–Kier alpha value is -0.843. The summed E-state index contributed by atoms with van der Waals surface area (Å²) in [6.45, 7) is 1.02. The van der Waals surface area contributed by atoms with Crippen LogP contribution in [0.5, 0.6) is 0 Å². The molecule has 0 N–H and O–H groups in total. The van der Waals surface area contributed by atoms with Crippen molar-refractivity contribution in [1.82, 2.24) is 0 Å². The standard InChI is InChI=1S/C9H10F4Si/c1-4-6(10)8(12)5(2-3-14)9(13)7(4)11/h2-3H2,1,14H3. The molecule has 0 fully saturated rings. The average molecular weight is 222 g/mol. The smallest absolute Gasteiger partial charge is 0.165 e. The summed E-state index contributed by atoms with van der Waals surface area (Å²) in [7, 11) is 0.735. The monoisotopic (exact) mass is 222 g/mol. The zero-order valence-electron chi connectivity index (χ0n) is 7.93. The molecule has 0 aliphatic heterocycles. The van der Waals surface area contributed by atoms with E-state index in [-0.39, 0.29) is 6.42 Å². The van der Waals surface area contributed by atoms with Crippen LogP contribution in [0.3, 0.4) is 0 Å². The minimum atomic E-state index is -1.28. The van der Waals surface area contributed by atoms with Gasteiger partial charge in [-0.25, -0.2) is 17.6 Å². The molecule has 0 unspecified atom stereocenters. The molecular weight excluding hydrogens is 212 g/mol. The van der Waals surface area contributed by atoms with Gasteiger partial charge in [-0.15, -0.1) is 0 Å². The molecular formula is C9H10F4Si. The van der Waals surface area contributed by atoms with Crippen LogP contribution in [0.25, 0.3) is 0 Å². The number of halogens is 4. The molecule has 0 aliphatic rings. The molecule has 1 aromatic rings. The van der Waals surface area contributed by atoms with Crippen LogP contribution in [0.4, 0.5) is 17.6 Å². The molecule has 1 rings (SSSR count). The van der Waals surface area contributed by atoms with Crippen LogP contribution in [0.2, 0.25) is 6.04 Å². The van der Waals surface area contributed by atoms with Crippen molar-refractivity contribution in [2.24, 2.45) is 0 Å². The van der Waals surface area contributed by atoms with E-state index in [2.05, 4.69) is 0 Å². The van der Waals surface area contributed by atoms with Crippen molar-refractivity contribution in [2.75, 3.05) is 0 Å². The van der Waals surface area contributed by atoms with Gasteiger partial charge in [0.25, 0.3) is 0 Å². The van der Waals surface area contributed by atoms with Gasteiger partial charge in [0, 0.05) is 21.4 Å². The Morgan fingerprint density at radius 2 is 1.36 bits per heavy atom. The van der Waals surface area contributed by atoms with E-state index in [1.54, 1.807) is 0 Å². The highest BCUT2D eigenvalue weighted by Gasteiger charge is 2.21. The van der Waals surface area contributed by atoms with E-state index in [1.165, 1.54) is 0 Å². The van der Waals surface area contributed by atoms with E-state index in [9.17, 15) is 17.6 Å². The van der Waals surface area contributed by atoms with Gasteiger partial charge in [0.05, 0.1) is 0 Å². The Balaban J connectivity index is 3.43. The maximum absolute atomic E-state index is 13.1. The molecule has 0 radical (unpaired) electrons. The lowest BCUT2D eigenvalue weighted by molar-refractivity contribution is 0.432. The Morgan fingerprint density at radius 1 is 0.929 bits per heavy atom. The molecule has 0 aliphatic carbocycles. The van der Waals surface area contributed by atoms with Crippen molar-refractivity contribution in [3.05, 3.63) is 34.4 Å². The summed E-state index contributed by atoms with van der Waals surface area (Å²) in [5.41, 5.74) is -1.07. The fourth-order valence-corrected chi connectivity index (χ4v) is 1.76. The second-order valence-electron chi connectivity index (χ2n) is 3.11. The van der Waals surface area contributed by atoms with Crippen molar-refractivity contribution in [3.63, 3.8) is 0 Å². The average Bonchev–Trinajstić information content (AvgIpc) is 2.19. The van der Waals surface area contributed by atoms with E-state index >= 15 is 0 Å². The van der Waals surface area contributed by atoms with Gasteiger partial charge in [0.1, 0.15) is 0 Å². The summed E-state index contributed by atoms with van der Waals surface area (Å²) in [5.74, 6) is -5.07. The minimum Gasteiger partial charge on any atom is -0.203 e. The highest BCUT2D eigenvalue weighted by Crippen LogP contribution is 2.24. The summed E-state index contributed by atoms with van der Waals surface area (Å²) in [6, 6.07) is 0.565. The minimum absolute atomic E-state index is 0.0536. The van der Waals surface area contributed by atoms with Crippen LogP contribution < -0.4 is 0 Å². The number of benzene rings is 1. The van der Waals surface area contributed by atoms with Crippen molar-refractivity contribution in [2.45, 2.75) is 19.4 Å². The Morgan fingerprint density at radius 3 is 1.71 bits per heavy atom. The van der Waals surface area contributed by atoms with Crippen LogP contribution in [0.1, 0.15) is 11.1 Å². The maximum atomic E-state index is 13.1. The summed E-state index contributed by atoms with van der Waals surface area (Å²) in [4.78, 5) is 0. The normalized spacial score (nSPS) is 10.9. The van der Waals surface area contributed by atoms with Gasteiger partial charge >= 0.3 is 0 Å². The van der Waals surface area contributed by atoms with Gasteiger partial charge in [0.15, 0.2) is 23.3 Å². The molecule has 0 atom stereocenters. The molecule has 0 bridgehead atoms. The summed E-state index contributed by atoms with van der Waals surface area (Å²) in [5, 5.41) is 0. The van der Waals surface area contributed by atoms with Crippen molar-refractivity contribution >= 4 is 10.2 Å². The van der Waals surface area contributed by atoms with Gasteiger partial charge < -0.3 is 0 Å². The maximum Gasteiger partial charge on any atom is 0.165 e. The fraction of sp³-hybridized carbons (Fsp3) is 0.333. The fourth-order valence-electron chi connectivity index (χ4n) is 1.26. The first-order chi connectivity index (χ1) is 6.50. The molecule has 0 aromatic heterocycles. The highest BCUT2D eigenvalue weighted by molar-refractivity contribution is 6.08. The number of hydrogen-bond acceptors (Lipinski definition) is 0. The lowest BCUT2D eigenvalue weighted by Crippen LogP contribution is -2.06. The zero-order valence-corrected chi connectivity index (χ0v) is 9.93. The van der Waals surface area contributed by atoms with Crippen LogP contribution in [-0.2, 0) is 6.42 Å². The summed E-state index contributed by atoms with van der Waals surface area (Å²) in [6.07, 6.45) is 0.0536. The number of rotatable bonds is 2. The summed E-state index contributed by atoms with van der Waals surface area (Å²) >= 11 is 0. The molecule has 0 amide bonds. The first-order valence-electron chi connectivity index (χ1n) is 4.32. The van der Waals surface area contributed by atoms with Gasteiger partial charge in [-0.1, -0.05) is 6.04 Å².